The Bertz CT molecular complexity index is 691. The van der Waals surface area contributed by atoms with Crippen LogP contribution in [0, 0.1) is 12.8 Å². The summed E-state index contributed by atoms with van der Waals surface area (Å²) in [6.45, 7) is 6.16. The van der Waals surface area contributed by atoms with Crippen molar-refractivity contribution in [1.29, 1.82) is 0 Å². The molecule has 0 bridgehead atoms. The van der Waals surface area contributed by atoms with Crippen LogP contribution >= 0.6 is 0 Å². The Balaban J connectivity index is 1.94. The molecule has 120 valence electrons. The van der Waals surface area contributed by atoms with Crippen molar-refractivity contribution in [3.05, 3.63) is 70.8 Å². The number of benzene rings is 2. The molecule has 0 atom stereocenters. The molecule has 2 amide bonds. The highest BCUT2D eigenvalue weighted by Gasteiger charge is 2.10. The summed E-state index contributed by atoms with van der Waals surface area (Å²) in [7, 11) is 0. The third-order valence-electron chi connectivity index (χ3n) is 3.54. The molecule has 4 heteroatoms. The van der Waals surface area contributed by atoms with Crippen LogP contribution in [-0.2, 0) is 6.42 Å². The number of nitrogens with one attached hydrogen (secondary N) is 2. The highest BCUT2D eigenvalue weighted by atomic mass is 16.2. The maximum absolute atomic E-state index is 12.1. The molecule has 23 heavy (non-hydrogen) atoms. The van der Waals surface area contributed by atoms with Gasteiger partial charge in [-0.15, -0.1) is 0 Å². The Labute approximate surface area is 136 Å². The molecule has 2 N–H and O–H groups in total. The quantitative estimate of drug-likeness (QED) is 0.852. The normalized spacial score (nSPS) is 10.4. The van der Waals surface area contributed by atoms with E-state index in [-0.39, 0.29) is 11.8 Å². The van der Waals surface area contributed by atoms with E-state index in [4.69, 9.17) is 0 Å². The molecule has 0 aliphatic heterocycles. The lowest BCUT2D eigenvalue weighted by molar-refractivity contribution is 0.0846. The van der Waals surface area contributed by atoms with Crippen molar-refractivity contribution < 1.29 is 9.59 Å². The average molecular weight is 310 g/mol. The van der Waals surface area contributed by atoms with Crippen LogP contribution in [0.1, 0.15) is 45.7 Å². The minimum absolute atomic E-state index is 0.326. The Morgan fingerprint density at radius 2 is 1.52 bits per heavy atom. The summed E-state index contributed by atoms with van der Waals surface area (Å²) in [5.41, 5.74) is 8.00. The molecule has 0 unspecified atom stereocenters. The van der Waals surface area contributed by atoms with Gasteiger partial charge in [0.2, 0.25) is 0 Å². The first-order chi connectivity index (χ1) is 11.0. The van der Waals surface area contributed by atoms with Crippen LogP contribution in [0.2, 0.25) is 0 Å². The van der Waals surface area contributed by atoms with Gasteiger partial charge in [0.15, 0.2) is 0 Å². The van der Waals surface area contributed by atoms with Gasteiger partial charge in [0.1, 0.15) is 0 Å². The predicted molar refractivity (Wildman–Crippen MR) is 91.1 cm³/mol. The summed E-state index contributed by atoms with van der Waals surface area (Å²) < 4.78 is 0. The first-order valence-corrected chi connectivity index (χ1v) is 7.72. The van der Waals surface area contributed by atoms with E-state index in [1.807, 2.05) is 31.2 Å². The molecule has 0 aromatic heterocycles. The monoisotopic (exact) mass is 310 g/mol. The second-order valence-electron chi connectivity index (χ2n) is 6.02. The number of aryl methyl sites for hydroxylation is 1. The Morgan fingerprint density at radius 1 is 0.913 bits per heavy atom. The number of hydrazine groups is 1. The maximum atomic E-state index is 12.1. The van der Waals surface area contributed by atoms with Gasteiger partial charge in [0, 0.05) is 11.1 Å². The molecule has 0 spiro atoms. The number of hydrogen-bond donors (Lipinski definition) is 2. The van der Waals surface area contributed by atoms with Gasteiger partial charge in [-0.3, -0.25) is 20.4 Å². The summed E-state index contributed by atoms with van der Waals surface area (Å²) >= 11 is 0. The highest BCUT2D eigenvalue weighted by Crippen LogP contribution is 2.10. The standard InChI is InChI=1S/C19H22N2O2/c1-13(2)12-15-8-10-16(11-9-15)18(22)20-21-19(23)17-7-5-4-6-14(17)3/h4-11,13H,12H2,1-3H3,(H,20,22)(H,21,23). The SMILES string of the molecule is Cc1ccccc1C(=O)NNC(=O)c1ccc(CC(C)C)cc1. The number of hydrogen-bond acceptors (Lipinski definition) is 2. The summed E-state index contributed by atoms with van der Waals surface area (Å²) in [4.78, 5) is 24.1. The maximum Gasteiger partial charge on any atom is 0.269 e. The fraction of sp³-hybridized carbons (Fsp3) is 0.263. The van der Waals surface area contributed by atoms with Crippen molar-refractivity contribution in [2.45, 2.75) is 27.2 Å². The minimum Gasteiger partial charge on any atom is -0.267 e. The molecule has 2 aromatic rings. The third-order valence-corrected chi connectivity index (χ3v) is 3.54. The zero-order valence-corrected chi connectivity index (χ0v) is 13.7. The molecular formula is C19H22N2O2. The smallest absolute Gasteiger partial charge is 0.267 e. The van der Waals surface area contributed by atoms with Gasteiger partial charge >= 0.3 is 0 Å². The molecule has 0 saturated heterocycles. The average Bonchev–Trinajstić information content (AvgIpc) is 2.53. The van der Waals surface area contributed by atoms with E-state index in [9.17, 15) is 9.59 Å². The zero-order chi connectivity index (χ0) is 16.8. The lowest BCUT2D eigenvalue weighted by atomic mass is 10.0. The predicted octanol–water partition coefficient (Wildman–Crippen LogP) is 3.27. The van der Waals surface area contributed by atoms with Crippen molar-refractivity contribution in [1.82, 2.24) is 10.9 Å². The summed E-state index contributed by atoms with van der Waals surface area (Å²) in [5, 5.41) is 0. The summed E-state index contributed by atoms with van der Waals surface area (Å²) in [6.07, 6.45) is 0.978. The van der Waals surface area contributed by atoms with E-state index in [1.165, 1.54) is 5.56 Å². The van der Waals surface area contributed by atoms with Gasteiger partial charge in [-0.1, -0.05) is 44.2 Å². The van der Waals surface area contributed by atoms with Crippen LogP contribution in [-0.4, -0.2) is 11.8 Å². The van der Waals surface area contributed by atoms with E-state index in [0.717, 1.165) is 12.0 Å². The van der Waals surface area contributed by atoms with Crippen molar-refractivity contribution >= 4 is 11.8 Å². The second-order valence-corrected chi connectivity index (χ2v) is 6.02. The minimum atomic E-state index is -0.331. The third kappa shape index (κ3) is 4.68. The van der Waals surface area contributed by atoms with E-state index in [2.05, 4.69) is 24.7 Å². The van der Waals surface area contributed by atoms with Gasteiger partial charge in [0.25, 0.3) is 11.8 Å². The van der Waals surface area contributed by atoms with Crippen molar-refractivity contribution in [3.8, 4) is 0 Å². The van der Waals surface area contributed by atoms with E-state index < -0.39 is 0 Å². The Hall–Kier alpha value is -2.62. The number of amides is 2. The van der Waals surface area contributed by atoms with Crippen LogP contribution in [0.3, 0.4) is 0 Å². The Kier molecular flexibility index (Phi) is 5.52. The zero-order valence-electron chi connectivity index (χ0n) is 13.7. The largest absolute Gasteiger partial charge is 0.269 e. The topological polar surface area (TPSA) is 58.2 Å². The lowest BCUT2D eigenvalue weighted by Crippen LogP contribution is -2.41. The fourth-order valence-corrected chi connectivity index (χ4v) is 2.34. The van der Waals surface area contributed by atoms with Crippen LogP contribution < -0.4 is 10.9 Å². The van der Waals surface area contributed by atoms with Gasteiger partial charge in [-0.05, 0) is 48.6 Å². The molecule has 0 aliphatic rings. The first kappa shape index (κ1) is 16.7. The molecule has 0 saturated carbocycles. The summed E-state index contributed by atoms with van der Waals surface area (Å²) in [6, 6.07) is 14.7. The molecule has 0 aliphatic carbocycles. The second kappa shape index (κ2) is 7.58. The van der Waals surface area contributed by atoms with Crippen LogP contribution in [0.15, 0.2) is 48.5 Å². The molecule has 0 radical (unpaired) electrons. The van der Waals surface area contributed by atoms with Gasteiger partial charge < -0.3 is 0 Å². The molecular weight excluding hydrogens is 288 g/mol. The van der Waals surface area contributed by atoms with E-state index in [0.29, 0.717) is 17.0 Å². The number of rotatable bonds is 4. The first-order valence-electron chi connectivity index (χ1n) is 7.72. The fourth-order valence-electron chi connectivity index (χ4n) is 2.34. The van der Waals surface area contributed by atoms with Gasteiger partial charge in [0.05, 0.1) is 0 Å². The number of carbonyl (C=O) groups is 2. The Morgan fingerprint density at radius 3 is 2.13 bits per heavy atom. The van der Waals surface area contributed by atoms with Crippen LogP contribution in [0.5, 0.6) is 0 Å². The van der Waals surface area contributed by atoms with Crippen LogP contribution in [0.4, 0.5) is 0 Å². The van der Waals surface area contributed by atoms with E-state index >= 15 is 0 Å². The lowest BCUT2D eigenvalue weighted by Gasteiger charge is -2.10. The van der Waals surface area contributed by atoms with E-state index in [1.54, 1.807) is 24.3 Å². The number of carbonyl (C=O) groups excluding carboxylic acids is 2. The summed E-state index contributed by atoms with van der Waals surface area (Å²) in [5.74, 6) is -0.0843. The van der Waals surface area contributed by atoms with Gasteiger partial charge in [-0.25, -0.2) is 0 Å². The molecule has 0 fully saturated rings. The van der Waals surface area contributed by atoms with Crippen molar-refractivity contribution in [3.63, 3.8) is 0 Å². The van der Waals surface area contributed by atoms with Crippen LogP contribution in [0.25, 0.3) is 0 Å². The highest BCUT2D eigenvalue weighted by molar-refractivity contribution is 5.99. The molecule has 2 rings (SSSR count). The molecule has 4 nitrogen and oxygen atoms in total. The van der Waals surface area contributed by atoms with Crippen molar-refractivity contribution in [2.75, 3.05) is 0 Å². The van der Waals surface area contributed by atoms with Gasteiger partial charge in [-0.2, -0.15) is 0 Å². The molecule has 2 aromatic carbocycles. The van der Waals surface area contributed by atoms with Crippen molar-refractivity contribution in [2.24, 2.45) is 5.92 Å². The molecule has 0 heterocycles.